The highest BCUT2D eigenvalue weighted by Gasteiger charge is 2.47. The van der Waals surface area contributed by atoms with Gasteiger partial charge in [-0.15, -0.1) is 0 Å². The summed E-state index contributed by atoms with van der Waals surface area (Å²) < 4.78 is 12.6. The van der Waals surface area contributed by atoms with Crippen molar-refractivity contribution >= 4 is 29.0 Å². The molecule has 0 spiro atoms. The Balaban J connectivity index is 1.21. The summed E-state index contributed by atoms with van der Waals surface area (Å²) in [5.74, 6) is 6.74. The Morgan fingerprint density at radius 1 is 1.18 bits per heavy atom. The van der Waals surface area contributed by atoms with E-state index in [0.717, 1.165) is 25.7 Å². The molecule has 0 bridgehead atoms. The van der Waals surface area contributed by atoms with Crippen molar-refractivity contribution in [1.82, 2.24) is 29.7 Å². The van der Waals surface area contributed by atoms with E-state index >= 15 is 0 Å². The molecule has 39 heavy (non-hydrogen) atoms. The molecule has 3 aliphatic rings. The second kappa shape index (κ2) is 11.7. The first-order chi connectivity index (χ1) is 18.9. The van der Waals surface area contributed by atoms with Crippen molar-refractivity contribution in [2.75, 3.05) is 32.0 Å². The minimum atomic E-state index is -1.42. The molecular formula is C26H35N7O6. The Bertz CT molecular complexity index is 1260. The zero-order chi connectivity index (χ0) is 27.5. The van der Waals surface area contributed by atoms with E-state index in [4.69, 9.17) is 15.2 Å². The first-order valence-electron chi connectivity index (χ1n) is 13.6. The molecular weight excluding hydrogens is 506 g/mol. The molecule has 1 aliphatic carbocycles. The molecule has 13 nitrogen and oxygen atoms in total. The Kier molecular flexibility index (Phi) is 8.15. The third kappa shape index (κ3) is 5.78. The van der Waals surface area contributed by atoms with E-state index in [9.17, 15) is 19.8 Å². The van der Waals surface area contributed by atoms with E-state index in [1.54, 1.807) is 11.8 Å². The molecule has 13 heteroatoms. The number of nitrogens with one attached hydrogen (secondary N) is 1. The van der Waals surface area contributed by atoms with Gasteiger partial charge >= 0.3 is 6.09 Å². The van der Waals surface area contributed by atoms with Gasteiger partial charge < -0.3 is 35.6 Å². The van der Waals surface area contributed by atoms with Crippen LogP contribution in [0, 0.1) is 23.7 Å². The zero-order valence-corrected chi connectivity index (χ0v) is 22.0. The fourth-order valence-corrected chi connectivity index (χ4v) is 5.10. The quantitative estimate of drug-likeness (QED) is 0.378. The maximum atomic E-state index is 12.3. The van der Waals surface area contributed by atoms with Crippen LogP contribution in [-0.4, -0.2) is 91.2 Å². The number of fused-ring (bicyclic) bond motifs is 1. The number of nitrogens with two attached hydrogens (primary N) is 1. The van der Waals surface area contributed by atoms with Crippen LogP contribution in [0.3, 0.4) is 0 Å². The van der Waals surface area contributed by atoms with Gasteiger partial charge in [0.05, 0.1) is 12.9 Å². The van der Waals surface area contributed by atoms with Crippen molar-refractivity contribution < 1.29 is 29.3 Å². The highest BCUT2D eigenvalue weighted by molar-refractivity contribution is 5.83. The van der Waals surface area contributed by atoms with Crippen molar-refractivity contribution in [3.8, 4) is 11.8 Å². The number of imidazole rings is 1. The molecule has 4 atom stereocenters. The van der Waals surface area contributed by atoms with Crippen LogP contribution in [-0.2, 0) is 14.3 Å². The lowest BCUT2D eigenvalue weighted by Crippen LogP contribution is -2.42. The Labute approximate surface area is 226 Å². The largest absolute Gasteiger partial charge is 0.449 e. The summed E-state index contributed by atoms with van der Waals surface area (Å²) >= 11 is 0. The van der Waals surface area contributed by atoms with Gasteiger partial charge in [-0.25, -0.2) is 19.7 Å². The average molecular weight is 542 g/mol. The molecule has 0 aromatic carbocycles. The van der Waals surface area contributed by atoms with Crippen LogP contribution in [0.4, 0.5) is 10.6 Å². The lowest BCUT2D eigenvalue weighted by atomic mass is 9.86. The molecule has 5 N–H and O–H groups in total. The summed E-state index contributed by atoms with van der Waals surface area (Å²) in [6, 6.07) is 0. The summed E-state index contributed by atoms with van der Waals surface area (Å²) in [5.41, 5.74) is 6.67. The number of nitrogens with zero attached hydrogens (tertiary/aromatic N) is 5. The highest BCUT2D eigenvalue weighted by Crippen LogP contribution is 2.32. The minimum absolute atomic E-state index is 0.116. The molecule has 5 rings (SSSR count). The molecule has 3 fully saturated rings. The average Bonchev–Trinajstić information content (AvgIpc) is 3.44. The standard InChI is InChI=1S/C26H35N7O6/c1-2-28-24(36)21-19(34)20(35)25(39-21)33-14-29-18-22(27)30-17(31-23(18)33)8-4-5-15-9-11-32(12-10-15)26(37)38-13-16-6-3-7-16/h14-16,19-21,25,34-35H,2-3,5-7,9-13H2,1H3,(H,28,36)(H2,27,30,31)/t19-,20?,21+,25-/m1/s1. The minimum Gasteiger partial charge on any atom is -0.449 e. The molecule has 2 aromatic rings. The smallest absolute Gasteiger partial charge is 0.409 e. The normalized spacial score (nSPS) is 25.7. The van der Waals surface area contributed by atoms with E-state index in [-0.39, 0.29) is 23.4 Å². The van der Waals surface area contributed by atoms with Gasteiger partial charge in [0.2, 0.25) is 5.82 Å². The van der Waals surface area contributed by atoms with Crippen LogP contribution >= 0.6 is 0 Å². The van der Waals surface area contributed by atoms with Crippen LogP contribution in [0.15, 0.2) is 6.33 Å². The molecule has 2 saturated heterocycles. The predicted octanol–water partition coefficient (Wildman–Crippen LogP) is 0.554. The number of rotatable bonds is 6. The van der Waals surface area contributed by atoms with Gasteiger partial charge in [0.1, 0.15) is 17.7 Å². The number of hydrogen-bond donors (Lipinski definition) is 4. The number of aromatic nitrogens is 4. The number of likely N-dealkylation sites (N-methyl/N-ethyl adjacent to an activating group) is 1. The molecule has 0 radical (unpaired) electrons. The zero-order valence-electron chi connectivity index (χ0n) is 22.0. The molecule has 210 valence electrons. The van der Waals surface area contributed by atoms with E-state index < -0.39 is 30.4 Å². The third-order valence-corrected chi connectivity index (χ3v) is 7.70. The predicted molar refractivity (Wildman–Crippen MR) is 139 cm³/mol. The summed E-state index contributed by atoms with van der Waals surface area (Å²) in [5, 5.41) is 23.5. The Hall–Kier alpha value is -3.47. The topological polar surface area (TPSA) is 178 Å². The number of carbonyl (C=O) groups is 2. The van der Waals surface area contributed by atoms with E-state index in [1.165, 1.54) is 17.3 Å². The van der Waals surface area contributed by atoms with E-state index in [2.05, 4.69) is 32.1 Å². The number of likely N-dealkylation sites (tertiary alicyclic amines) is 1. The van der Waals surface area contributed by atoms with Gasteiger partial charge in [-0.05, 0) is 50.4 Å². The van der Waals surface area contributed by atoms with Crippen LogP contribution in [0.25, 0.3) is 11.2 Å². The maximum absolute atomic E-state index is 12.3. The van der Waals surface area contributed by atoms with Crippen LogP contribution in [0.5, 0.6) is 0 Å². The molecule has 2 aromatic heterocycles. The van der Waals surface area contributed by atoms with Gasteiger partial charge in [-0.1, -0.05) is 12.3 Å². The summed E-state index contributed by atoms with van der Waals surface area (Å²) in [7, 11) is 0. The number of amides is 2. The van der Waals surface area contributed by atoms with Crippen LogP contribution in [0.2, 0.25) is 0 Å². The van der Waals surface area contributed by atoms with Crippen molar-refractivity contribution in [1.29, 1.82) is 0 Å². The number of piperidine rings is 1. The molecule has 1 saturated carbocycles. The van der Waals surface area contributed by atoms with Crippen molar-refractivity contribution in [3.63, 3.8) is 0 Å². The van der Waals surface area contributed by atoms with Crippen molar-refractivity contribution in [2.24, 2.45) is 11.8 Å². The van der Waals surface area contributed by atoms with Gasteiger partial charge in [0.25, 0.3) is 5.91 Å². The number of hydrogen-bond acceptors (Lipinski definition) is 10. The first-order valence-corrected chi connectivity index (χ1v) is 13.6. The summed E-state index contributed by atoms with van der Waals surface area (Å²) in [4.78, 5) is 39.2. The lowest BCUT2D eigenvalue weighted by molar-refractivity contribution is -0.137. The molecule has 2 aliphatic heterocycles. The summed E-state index contributed by atoms with van der Waals surface area (Å²) in [6.45, 7) is 3.93. The lowest BCUT2D eigenvalue weighted by Gasteiger charge is -2.32. The highest BCUT2D eigenvalue weighted by atomic mass is 16.6. The molecule has 4 heterocycles. The molecule has 1 unspecified atom stereocenters. The first kappa shape index (κ1) is 27.1. The second-order valence-electron chi connectivity index (χ2n) is 10.4. The van der Waals surface area contributed by atoms with Gasteiger partial charge in [0, 0.05) is 26.1 Å². The monoisotopic (exact) mass is 541 g/mol. The Morgan fingerprint density at radius 2 is 1.95 bits per heavy atom. The van der Waals surface area contributed by atoms with Gasteiger partial charge in [0.15, 0.2) is 23.8 Å². The number of carbonyl (C=O) groups excluding carboxylic acids is 2. The van der Waals surface area contributed by atoms with Crippen LogP contribution < -0.4 is 11.1 Å². The fraction of sp³-hybridized carbons (Fsp3) is 0.654. The number of aliphatic hydroxyl groups excluding tert-OH is 2. The maximum Gasteiger partial charge on any atom is 0.409 e. The van der Waals surface area contributed by atoms with E-state index in [0.29, 0.717) is 50.0 Å². The third-order valence-electron chi connectivity index (χ3n) is 7.70. The fourth-order valence-electron chi connectivity index (χ4n) is 5.10. The van der Waals surface area contributed by atoms with Gasteiger partial charge in [-0.2, -0.15) is 0 Å². The SMILES string of the molecule is CCNC(=O)[C@H]1O[C@@H](n2cnc3c(N)nc(C#CCC4CCN(C(=O)OCC5CCC5)CC4)nc32)C(O)[C@H]1O. The Morgan fingerprint density at radius 3 is 2.64 bits per heavy atom. The second-order valence-corrected chi connectivity index (χ2v) is 10.4. The number of aliphatic hydroxyl groups is 2. The molecule has 2 amide bonds. The number of ether oxygens (including phenoxy) is 2. The number of anilines is 1. The number of nitrogen functional groups attached to an aromatic ring is 1. The van der Waals surface area contributed by atoms with E-state index in [1.807, 2.05) is 0 Å². The van der Waals surface area contributed by atoms with Crippen LogP contribution in [0.1, 0.15) is 57.5 Å². The van der Waals surface area contributed by atoms with Crippen molar-refractivity contribution in [2.45, 2.75) is 70.0 Å². The summed E-state index contributed by atoms with van der Waals surface area (Å²) in [6.07, 6.45) is 1.84. The van der Waals surface area contributed by atoms with Crippen molar-refractivity contribution in [3.05, 3.63) is 12.2 Å². The van der Waals surface area contributed by atoms with Gasteiger partial charge in [-0.3, -0.25) is 9.36 Å².